The summed E-state index contributed by atoms with van der Waals surface area (Å²) in [5, 5.41) is 10.7. The van der Waals surface area contributed by atoms with E-state index in [0.29, 0.717) is 10.6 Å². The Labute approximate surface area is 107 Å². The van der Waals surface area contributed by atoms with E-state index in [1.807, 2.05) is 0 Å². The van der Waals surface area contributed by atoms with Gasteiger partial charge in [-0.05, 0) is 30.3 Å². The van der Waals surface area contributed by atoms with Gasteiger partial charge in [0.2, 0.25) is 0 Å². The second kappa shape index (κ2) is 5.05. The highest BCUT2D eigenvalue weighted by Gasteiger charge is 2.10. The first-order valence-electron chi connectivity index (χ1n) is 5.03. The van der Waals surface area contributed by atoms with Gasteiger partial charge >= 0.3 is 0 Å². The standard InChI is InChI=1S/C12H9FN2O2S/c13-8-1-4-10(5-2-8)18-12-7-9(15(16)17)3-6-11(12)14/h1-7H,14H2. The van der Waals surface area contributed by atoms with Crippen molar-refractivity contribution < 1.29 is 9.31 Å². The number of benzene rings is 2. The first-order chi connectivity index (χ1) is 8.56. The molecule has 4 nitrogen and oxygen atoms in total. The van der Waals surface area contributed by atoms with E-state index >= 15 is 0 Å². The SMILES string of the molecule is Nc1ccc([N+](=O)[O-])cc1Sc1ccc(F)cc1. The molecule has 0 amide bonds. The summed E-state index contributed by atoms with van der Waals surface area (Å²) < 4.78 is 12.8. The molecule has 0 fully saturated rings. The van der Waals surface area contributed by atoms with Crippen LogP contribution >= 0.6 is 11.8 Å². The molecule has 0 aliphatic heterocycles. The van der Waals surface area contributed by atoms with Crippen molar-refractivity contribution in [1.29, 1.82) is 0 Å². The summed E-state index contributed by atoms with van der Waals surface area (Å²) in [4.78, 5) is 11.5. The van der Waals surface area contributed by atoms with E-state index < -0.39 is 4.92 Å². The fourth-order valence-electron chi connectivity index (χ4n) is 1.35. The maximum Gasteiger partial charge on any atom is 0.270 e. The molecule has 0 radical (unpaired) electrons. The van der Waals surface area contributed by atoms with E-state index in [1.165, 1.54) is 42.1 Å². The molecule has 18 heavy (non-hydrogen) atoms. The second-order valence-electron chi connectivity index (χ2n) is 3.54. The molecule has 0 aromatic heterocycles. The Hall–Kier alpha value is -2.08. The molecular weight excluding hydrogens is 255 g/mol. The molecule has 0 unspecified atom stereocenters. The summed E-state index contributed by atoms with van der Waals surface area (Å²) in [5.74, 6) is -0.327. The summed E-state index contributed by atoms with van der Waals surface area (Å²) in [6.45, 7) is 0. The van der Waals surface area contributed by atoms with Gasteiger partial charge in [-0.3, -0.25) is 10.1 Å². The van der Waals surface area contributed by atoms with Gasteiger partial charge in [-0.15, -0.1) is 0 Å². The van der Waals surface area contributed by atoms with Crippen molar-refractivity contribution in [3.05, 3.63) is 58.4 Å². The number of non-ortho nitro benzene ring substituents is 1. The number of rotatable bonds is 3. The summed E-state index contributed by atoms with van der Waals surface area (Å²) in [6, 6.07) is 10.1. The minimum atomic E-state index is -0.478. The first-order valence-corrected chi connectivity index (χ1v) is 5.85. The smallest absolute Gasteiger partial charge is 0.270 e. The zero-order chi connectivity index (χ0) is 13.1. The highest BCUT2D eigenvalue weighted by molar-refractivity contribution is 7.99. The number of anilines is 1. The molecule has 0 aliphatic carbocycles. The molecule has 0 spiro atoms. The van der Waals surface area contributed by atoms with Gasteiger partial charge in [0.1, 0.15) is 5.82 Å². The topological polar surface area (TPSA) is 69.2 Å². The van der Waals surface area contributed by atoms with Gasteiger partial charge in [-0.2, -0.15) is 0 Å². The minimum absolute atomic E-state index is 0.0196. The average molecular weight is 264 g/mol. The number of nitro groups is 1. The van der Waals surface area contributed by atoms with E-state index in [0.717, 1.165) is 4.90 Å². The minimum Gasteiger partial charge on any atom is -0.398 e. The highest BCUT2D eigenvalue weighted by Crippen LogP contribution is 2.34. The van der Waals surface area contributed by atoms with Crippen molar-refractivity contribution in [3.8, 4) is 0 Å². The Morgan fingerprint density at radius 2 is 1.83 bits per heavy atom. The van der Waals surface area contributed by atoms with Crippen LogP contribution in [0, 0.1) is 15.9 Å². The lowest BCUT2D eigenvalue weighted by Crippen LogP contribution is -1.92. The van der Waals surface area contributed by atoms with Gasteiger partial charge in [0.25, 0.3) is 5.69 Å². The van der Waals surface area contributed by atoms with Crippen LogP contribution in [-0.4, -0.2) is 4.92 Å². The molecule has 2 aromatic carbocycles. The van der Waals surface area contributed by atoms with Crippen molar-refractivity contribution >= 4 is 23.1 Å². The van der Waals surface area contributed by atoms with Crippen LogP contribution in [0.3, 0.4) is 0 Å². The number of hydrogen-bond acceptors (Lipinski definition) is 4. The molecule has 0 bridgehead atoms. The van der Waals surface area contributed by atoms with Crippen LogP contribution in [0.1, 0.15) is 0 Å². The lowest BCUT2D eigenvalue weighted by atomic mass is 10.3. The Morgan fingerprint density at radius 1 is 1.17 bits per heavy atom. The molecule has 0 saturated heterocycles. The van der Waals surface area contributed by atoms with Crippen LogP contribution in [0.25, 0.3) is 0 Å². The normalized spacial score (nSPS) is 10.3. The summed E-state index contributed by atoms with van der Waals surface area (Å²) in [7, 11) is 0. The van der Waals surface area contributed by atoms with Crippen LogP contribution in [0.5, 0.6) is 0 Å². The molecule has 0 atom stereocenters. The monoisotopic (exact) mass is 264 g/mol. The van der Waals surface area contributed by atoms with Crippen LogP contribution < -0.4 is 5.73 Å². The fraction of sp³-hybridized carbons (Fsp3) is 0. The van der Waals surface area contributed by atoms with Crippen molar-refractivity contribution in [2.75, 3.05) is 5.73 Å². The van der Waals surface area contributed by atoms with Crippen molar-refractivity contribution in [3.63, 3.8) is 0 Å². The maximum absolute atomic E-state index is 12.8. The Kier molecular flexibility index (Phi) is 3.47. The third-order valence-electron chi connectivity index (χ3n) is 2.25. The molecule has 2 rings (SSSR count). The van der Waals surface area contributed by atoms with E-state index in [2.05, 4.69) is 0 Å². The van der Waals surface area contributed by atoms with Crippen molar-refractivity contribution in [2.24, 2.45) is 0 Å². The zero-order valence-corrected chi connectivity index (χ0v) is 9.99. The molecule has 2 aromatic rings. The van der Waals surface area contributed by atoms with Gasteiger partial charge in [-0.1, -0.05) is 11.8 Å². The Balaban J connectivity index is 2.30. The second-order valence-corrected chi connectivity index (χ2v) is 4.65. The van der Waals surface area contributed by atoms with Gasteiger partial charge in [0, 0.05) is 27.6 Å². The van der Waals surface area contributed by atoms with Crippen LogP contribution in [0.15, 0.2) is 52.3 Å². The molecule has 0 saturated carbocycles. The lowest BCUT2D eigenvalue weighted by Gasteiger charge is -2.05. The van der Waals surface area contributed by atoms with Gasteiger partial charge in [0.15, 0.2) is 0 Å². The van der Waals surface area contributed by atoms with Crippen LogP contribution in [-0.2, 0) is 0 Å². The predicted octanol–water partition coefficient (Wildman–Crippen LogP) is 3.47. The summed E-state index contributed by atoms with van der Waals surface area (Å²) >= 11 is 1.26. The molecule has 6 heteroatoms. The van der Waals surface area contributed by atoms with Crippen molar-refractivity contribution in [2.45, 2.75) is 9.79 Å². The number of nitrogen functional groups attached to an aromatic ring is 1. The quantitative estimate of drug-likeness (QED) is 0.523. The number of hydrogen-bond donors (Lipinski definition) is 1. The van der Waals surface area contributed by atoms with E-state index in [-0.39, 0.29) is 11.5 Å². The summed E-state index contributed by atoms with van der Waals surface area (Å²) in [6.07, 6.45) is 0. The maximum atomic E-state index is 12.8. The number of nitrogens with zero attached hydrogens (tertiary/aromatic N) is 1. The third-order valence-corrected chi connectivity index (χ3v) is 3.33. The van der Waals surface area contributed by atoms with Gasteiger partial charge < -0.3 is 5.73 Å². The third kappa shape index (κ3) is 2.78. The first kappa shape index (κ1) is 12.4. The molecule has 92 valence electrons. The lowest BCUT2D eigenvalue weighted by molar-refractivity contribution is -0.385. The van der Waals surface area contributed by atoms with Gasteiger partial charge in [-0.25, -0.2) is 4.39 Å². The molecule has 0 heterocycles. The highest BCUT2D eigenvalue weighted by atomic mass is 32.2. The number of halogens is 1. The van der Waals surface area contributed by atoms with E-state index in [4.69, 9.17) is 5.73 Å². The van der Waals surface area contributed by atoms with E-state index in [9.17, 15) is 14.5 Å². The Bertz CT molecular complexity index is 587. The van der Waals surface area contributed by atoms with E-state index in [1.54, 1.807) is 12.1 Å². The number of nitrogens with two attached hydrogens (primary N) is 1. The molecule has 2 N–H and O–H groups in total. The molecule has 0 aliphatic rings. The Morgan fingerprint density at radius 3 is 2.44 bits per heavy atom. The predicted molar refractivity (Wildman–Crippen MR) is 68.0 cm³/mol. The number of nitro benzene ring substituents is 1. The van der Waals surface area contributed by atoms with Crippen LogP contribution in [0.4, 0.5) is 15.8 Å². The average Bonchev–Trinajstić information content (AvgIpc) is 2.34. The summed E-state index contributed by atoms with van der Waals surface area (Å²) in [5.41, 5.74) is 6.18. The zero-order valence-electron chi connectivity index (χ0n) is 9.17. The van der Waals surface area contributed by atoms with Crippen LogP contribution in [0.2, 0.25) is 0 Å². The fourth-order valence-corrected chi connectivity index (χ4v) is 2.25. The van der Waals surface area contributed by atoms with Crippen molar-refractivity contribution in [1.82, 2.24) is 0 Å². The largest absolute Gasteiger partial charge is 0.398 e. The van der Waals surface area contributed by atoms with Gasteiger partial charge in [0.05, 0.1) is 4.92 Å². The molecular formula is C12H9FN2O2S.